The Kier molecular flexibility index (Phi) is 4.45. The number of nitrogens with one attached hydrogen (secondary N) is 1. The second kappa shape index (κ2) is 6.09. The molecule has 20 heavy (non-hydrogen) atoms. The Hall–Kier alpha value is -1.81. The van der Waals surface area contributed by atoms with Crippen LogP contribution in [-0.4, -0.2) is 8.42 Å². The minimum absolute atomic E-state index is 0.0103. The fourth-order valence-corrected chi connectivity index (χ4v) is 3.25. The second-order valence-corrected chi connectivity index (χ2v) is 6.57. The standard InChI is InChI=1S/C16H19NO2S/c1-3-14-10-9-13(2)16(11-14)17-20(18,19)12-15-7-5-4-6-8-15/h4-11,17H,3,12H2,1-2H3. The third-order valence-corrected chi connectivity index (χ3v) is 4.42. The van der Waals surface area contributed by atoms with Gasteiger partial charge in [-0.15, -0.1) is 0 Å². The van der Waals surface area contributed by atoms with Gasteiger partial charge in [0.1, 0.15) is 0 Å². The Morgan fingerprint density at radius 2 is 1.70 bits per heavy atom. The number of sulfonamides is 1. The highest BCUT2D eigenvalue weighted by Crippen LogP contribution is 2.20. The predicted molar refractivity (Wildman–Crippen MR) is 83.2 cm³/mol. The van der Waals surface area contributed by atoms with Crippen LogP contribution in [-0.2, 0) is 22.2 Å². The first-order valence-electron chi connectivity index (χ1n) is 6.64. The molecule has 0 bridgehead atoms. The fourth-order valence-electron chi connectivity index (χ4n) is 2.00. The molecule has 0 aliphatic heterocycles. The predicted octanol–water partition coefficient (Wildman–Crippen LogP) is 3.50. The molecule has 0 spiro atoms. The summed E-state index contributed by atoms with van der Waals surface area (Å²) in [4.78, 5) is 0. The summed E-state index contributed by atoms with van der Waals surface area (Å²) in [7, 11) is -3.39. The van der Waals surface area contributed by atoms with Gasteiger partial charge in [0.05, 0.1) is 11.4 Å². The van der Waals surface area contributed by atoms with Gasteiger partial charge in [-0.25, -0.2) is 8.42 Å². The van der Waals surface area contributed by atoms with Crippen molar-refractivity contribution in [3.8, 4) is 0 Å². The third kappa shape index (κ3) is 3.84. The van der Waals surface area contributed by atoms with E-state index in [2.05, 4.69) is 4.72 Å². The highest BCUT2D eigenvalue weighted by molar-refractivity contribution is 7.91. The topological polar surface area (TPSA) is 46.2 Å². The molecule has 4 heteroatoms. The summed E-state index contributed by atoms with van der Waals surface area (Å²) in [6.45, 7) is 3.95. The zero-order chi connectivity index (χ0) is 14.6. The highest BCUT2D eigenvalue weighted by atomic mass is 32.2. The smallest absolute Gasteiger partial charge is 0.236 e. The van der Waals surface area contributed by atoms with Crippen LogP contribution in [0.3, 0.4) is 0 Å². The summed E-state index contributed by atoms with van der Waals surface area (Å²) in [5.41, 5.74) is 3.50. The number of benzene rings is 2. The first-order valence-corrected chi connectivity index (χ1v) is 8.29. The summed E-state index contributed by atoms with van der Waals surface area (Å²) in [5, 5.41) is 0. The largest absolute Gasteiger partial charge is 0.283 e. The molecule has 106 valence electrons. The minimum Gasteiger partial charge on any atom is -0.283 e. The molecule has 0 aliphatic carbocycles. The Labute approximate surface area is 120 Å². The van der Waals surface area contributed by atoms with Gasteiger partial charge >= 0.3 is 0 Å². The molecule has 0 radical (unpaired) electrons. The van der Waals surface area contributed by atoms with E-state index in [1.807, 2.05) is 62.4 Å². The first-order chi connectivity index (χ1) is 9.50. The molecule has 2 rings (SSSR count). The van der Waals surface area contributed by atoms with E-state index in [0.29, 0.717) is 5.69 Å². The van der Waals surface area contributed by atoms with E-state index in [9.17, 15) is 8.42 Å². The van der Waals surface area contributed by atoms with E-state index in [-0.39, 0.29) is 5.75 Å². The SMILES string of the molecule is CCc1ccc(C)c(NS(=O)(=O)Cc2ccccc2)c1. The van der Waals surface area contributed by atoms with Gasteiger partial charge < -0.3 is 0 Å². The van der Waals surface area contributed by atoms with Gasteiger partial charge in [-0.05, 0) is 36.1 Å². The molecule has 2 aromatic carbocycles. The highest BCUT2D eigenvalue weighted by Gasteiger charge is 2.13. The van der Waals surface area contributed by atoms with E-state index in [0.717, 1.165) is 23.1 Å². The number of rotatable bonds is 5. The molecule has 0 aliphatic rings. The molecule has 0 unspecified atom stereocenters. The molecule has 0 amide bonds. The lowest BCUT2D eigenvalue weighted by Crippen LogP contribution is -2.16. The Morgan fingerprint density at radius 1 is 1.00 bits per heavy atom. The van der Waals surface area contributed by atoms with Crippen LogP contribution in [0, 0.1) is 6.92 Å². The van der Waals surface area contributed by atoms with Crippen LogP contribution in [0.1, 0.15) is 23.6 Å². The zero-order valence-corrected chi connectivity index (χ0v) is 12.6. The minimum atomic E-state index is -3.39. The molecule has 0 saturated carbocycles. The van der Waals surface area contributed by atoms with E-state index >= 15 is 0 Å². The van der Waals surface area contributed by atoms with Crippen LogP contribution in [0.4, 0.5) is 5.69 Å². The molecule has 0 heterocycles. The number of anilines is 1. The molecular weight excluding hydrogens is 270 g/mol. The maximum Gasteiger partial charge on any atom is 0.236 e. The molecule has 3 nitrogen and oxygen atoms in total. The molecule has 2 aromatic rings. The lowest BCUT2D eigenvalue weighted by Gasteiger charge is -2.12. The average molecular weight is 289 g/mol. The lowest BCUT2D eigenvalue weighted by molar-refractivity contribution is 0.600. The van der Waals surface area contributed by atoms with E-state index < -0.39 is 10.0 Å². The van der Waals surface area contributed by atoms with Crippen LogP contribution in [0.15, 0.2) is 48.5 Å². The normalized spacial score (nSPS) is 11.3. The van der Waals surface area contributed by atoms with Gasteiger partial charge in [0.25, 0.3) is 0 Å². The van der Waals surface area contributed by atoms with Crippen LogP contribution in [0.5, 0.6) is 0 Å². The number of aryl methyl sites for hydroxylation is 2. The van der Waals surface area contributed by atoms with Crippen LogP contribution in [0.2, 0.25) is 0 Å². The van der Waals surface area contributed by atoms with Gasteiger partial charge in [0, 0.05) is 0 Å². The molecule has 0 aromatic heterocycles. The molecule has 1 N–H and O–H groups in total. The molecule has 0 saturated heterocycles. The maximum absolute atomic E-state index is 12.2. The van der Waals surface area contributed by atoms with Crippen molar-refractivity contribution in [1.82, 2.24) is 0 Å². The summed E-state index contributed by atoms with van der Waals surface area (Å²) in [6.07, 6.45) is 0.883. The van der Waals surface area contributed by atoms with E-state index in [1.54, 1.807) is 0 Å². The quantitative estimate of drug-likeness (QED) is 0.915. The van der Waals surface area contributed by atoms with E-state index in [4.69, 9.17) is 0 Å². The monoisotopic (exact) mass is 289 g/mol. The van der Waals surface area contributed by atoms with Crippen molar-refractivity contribution in [3.05, 3.63) is 65.2 Å². The van der Waals surface area contributed by atoms with Gasteiger partial charge in [-0.1, -0.05) is 49.4 Å². The number of hydrogen-bond donors (Lipinski definition) is 1. The van der Waals surface area contributed by atoms with Crippen molar-refractivity contribution >= 4 is 15.7 Å². The van der Waals surface area contributed by atoms with Crippen molar-refractivity contribution in [3.63, 3.8) is 0 Å². The van der Waals surface area contributed by atoms with E-state index in [1.165, 1.54) is 0 Å². The van der Waals surface area contributed by atoms with Crippen LogP contribution in [0.25, 0.3) is 0 Å². The van der Waals surface area contributed by atoms with Crippen LogP contribution < -0.4 is 4.72 Å². The van der Waals surface area contributed by atoms with Gasteiger partial charge in [0.15, 0.2) is 0 Å². The molecule has 0 fully saturated rings. The van der Waals surface area contributed by atoms with Crippen LogP contribution >= 0.6 is 0 Å². The van der Waals surface area contributed by atoms with Crippen molar-refractivity contribution in [2.45, 2.75) is 26.0 Å². The Morgan fingerprint density at radius 3 is 2.35 bits per heavy atom. The Bertz CT molecular complexity index is 679. The lowest BCUT2D eigenvalue weighted by atomic mass is 10.1. The van der Waals surface area contributed by atoms with Crippen molar-refractivity contribution in [2.75, 3.05) is 4.72 Å². The van der Waals surface area contributed by atoms with Gasteiger partial charge in [-0.2, -0.15) is 0 Å². The van der Waals surface area contributed by atoms with Crippen molar-refractivity contribution in [1.29, 1.82) is 0 Å². The zero-order valence-electron chi connectivity index (χ0n) is 11.8. The van der Waals surface area contributed by atoms with Crippen molar-refractivity contribution < 1.29 is 8.42 Å². The maximum atomic E-state index is 12.2. The summed E-state index contributed by atoms with van der Waals surface area (Å²) >= 11 is 0. The average Bonchev–Trinajstić information content (AvgIpc) is 2.41. The first kappa shape index (κ1) is 14.6. The Balaban J connectivity index is 2.20. The second-order valence-electron chi connectivity index (χ2n) is 4.85. The summed E-state index contributed by atoms with van der Waals surface area (Å²) in [6, 6.07) is 15.0. The van der Waals surface area contributed by atoms with Gasteiger partial charge in [-0.3, -0.25) is 4.72 Å². The fraction of sp³-hybridized carbons (Fsp3) is 0.250. The van der Waals surface area contributed by atoms with Crippen molar-refractivity contribution in [2.24, 2.45) is 0 Å². The summed E-state index contributed by atoms with van der Waals surface area (Å²) < 4.78 is 27.1. The van der Waals surface area contributed by atoms with Gasteiger partial charge in [0.2, 0.25) is 10.0 Å². The molecule has 0 atom stereocenters. The molecular formula is C16H19NO2S. The third-order valence-electron chi connectivity index (χ3n) is 3.18. The number of hydrogen-bond acceptors (Lipinski definition) is 2. The summed E-state index contributed by atoms with van der Waals surface area (Å²) in [5.74, 6) is -0.0103.